The first-order chi connectivity index (χ1) is 5.06. The van der Waals surface area contributed by atoms with E-state index in [1.54, 1.807) is 0 Å². The van der Waals surface area contributed by atoms with Gasteiger partial charge >= 0.3 is 10.3 Å². The average molecular weight is 177 g/mol. The summed E-state index contributed by atoms with van der Waals surface area (Å²) < 4.78 is 24.6. The van der Waals surface area contributed by atoms with Crippen molar-refractivity contribution >= 4 is 10.3 Å². The lowest BCUT2D eigenvalue weighted by atomic mass is 10.4. The molecule has 0 aromatic rings. The van der Waals surface area contributed by atoms with Crippen LogP contribution in [0.25, 0.3) is 0 Å². The van der Waals surface area contributed by atoms with Crippen molar-refractivity contribution in [2.45, 2.75) is 19.8 Å². The van der Waals surface area contributed by atoms with E-state index in [2.05, 4.69) is 21.2 Å². The molecule has 0 saturated heterocycles. The molecule has 0 atom stereocenters. The molecule has 0 rings (SSSR count). The van der Waals surface area contributed by atoms with Crippen molar-refractivity contribution in [2.75, 3.05) is 6.61 Å². The topological polar surface area (TPSA) is 69.4 Å². The van der Waals surface area contributed by atoms with Gasteiger partial charge in [-0.05, 0) is 0 Å². The van der Waals surface area contributed by atoms with E-state index in [-0.39, 0.29) is 6.61 Å². The van der Waals surface area contributed by atoms with E-state index < -0.39 is 10.3 Å². The summed E-state index contributed by atoms with van der Waals surface area (Å²) in [5.41, 5.74) is 0. The number of hydrogen-bond donors (Lipinski definition) is 1. The van der Waals surface area contributed by atoms with Crippen LogP contribution in [0, 0.1) is 11.8 Å². The highest BCUT2D eigenvalue weighted by atomic mass is 32.2. The summed E-state index contributed by atoms with van der Waals surface area (Å²) in [4.78, 5) is 0. The van der Waals surface area contributed by atoms with Crippen LogP contribution in [0.15, 0.2) is 0 Å². The number of hydrogen-bond acceptors (Lipinski definition) is 3. The second-order valence-electron chi connectivity index (χ2n) is 1.77. The van der Waals surface area contributed by atoms with Gasteiger partial charge in [-0.15, -0.1) is 11.8 Å². The van der Waals surface area contributed by atoms with E-state index >= 15 is 0 Å². The van der Waals surface area contributed by atoms with Crippen LogP contribution in [0.3, 0.4) is 0 Å². The minimum absolute atomic E-state index is 0.0336. The molecule has 0 radical (unpaired) electrons. The minimum Gasteiger partial charge on any atom is -0.257 e. The molecular weight excluding hydrogens is 166 g/mol. The van der Waals surface area contributed by atoms with Crippen molar-refractivity contribution in [3.8, 4) is 11.8 Å². The van der Waals surface area contributed by atoms with Crippen LogP contribution in [0.2, 0.25) is 0 Å². The van der Waals surface area contributed by atoms with Crippen molar-refractivity contribution in [2.24, 2.45) is 5.14 Å². The van der Waals surface area contributed by atoms with Crippen LogP contribution in [0.5, 0.6) is 0 Å². The summed E-state index contributed by atoms with van der Waals surface area (Å²) in [6, 6.07) is 0. The first-order valence-corrected chi connectivity index (χ1v) is 4.66. The van der Waals surface area contributed by atoms with Gasteiger partial charge < -0.3 is 0 Å². The Morgan fingerprint density at radius 2 is 2.09 bits per heavy atom. The average Bonchev–Trinajstić information content (AvgIpc) is 1.85. The molecule has 0 saturated carbocycles. The summed E-state index contributed by atoms with van der Waals surface area (Å²) in [5.74, 6) is 5.48. The monoisotopic (exact) mass is 177 g/mol. The third-order valence-electron chi connectivity index (χ3n) is 0.776. The molecule has 0 aliphatic heterocycles. The summed E-state index contributed by atoms with van der Waals surface area (Å²) in [7, 11) is -3.78. The SMILES string of the molecule is CCC#CCCOS(N)(=O)=O. The first kappa shape index (κ1) is 10.4. The molecule has 0 heterocycles. The fourth-order valence-electron chi connectivity index (χ4n) is 0.422. The Bertz CT molecular complexity index is 247. The van der Waals surface area contributed by atoms with Crippen molar-refractivity contribution < 1.29 is 12.6 Å². The lowest BCUT2D eigenvalue weighted by Gasteiger charge is -1.94. The highest BCUT2D eigenvalue weighted by Gasteiger charge is 1.98. The fraction of sp³-hybridized carbons (Fsp3) is 0.667. The number of rotatable bonds is 3. The molecule has 0 aliphatic carbocycles. The molecule has 0 bridgehead atoms. The van der Waals surface area contributed by atoms with Gasteiger partial charge in [-0.1, -0.05) is 6.92 Å². The molecule has 0 aromatic heterocycles. The highest BCUT2D eigenvalue weighted by Crippen LogP contribution is 1.85. The summed E-state index contributed by atoms with van der Waals surface area (Å²) in [5, 5.41) is 4.55. The predicted molar refractivity (Wildman–Crippen MR) is 41.7 cm³/mol. The molecule has 0 fully saturated rings. The van der Waals surface area contributed by atoms with Gasteiger partial charge in [0.05, 0.1) is 6.61 Å². The summed E-state index contributed by atoms with van der Waals surface area (Å²) >= 11 is 0. The largest absolute Gasteiger partial charge is 0.333 e. The first-order valence-electron chi connectivity index (χ1n) is 3.19. The maximum atomic E-state index is 10.2. The molecule has 0 aromatic carbocycles. The van der Waals surface area contributed by atoms with Crippen molar-refractivity contribution in [1.29, 1.82) is 0 Å². The number of nitrogens with two attached hydrogens (primary N) is 1. The van der Waals surface area contributed by atoms with Gasteiger partial charge in [0.1, 0.15) is 0 Å². The van der Waals surface area contributed by atoms with Gasteiger partial charge in [-0.2, -0.15) is 8.42 Å². The van der Waals surface area contributed by atoms with E-state index in [1.807, 2.05) is 6.92 Å². The molecule has 0 amide bonds. The molecule has 4 nitrogen and oxygen atoms in total. The molecule has 0 spiro atoms. The summed E-state index contributed by atoms with van der Waals surface area (Å²) in [6.45, 7) is 1.94. The Morgan fingerprint density at radius 1 is 1.45 bits per heavy atom. The molecule has 0 aliphatic rings. The van der Waals surface area contributed by atoms with Crippen LogP contribution in [0.4, 0.5) is 0 Å². The zero-order valence-electron chi connectivity index (χ0n) is 6.33. The Balaban J connectivity index is 3.44. The quantitative estimate of drug-likeness (QED) is 0.487. The minimum atomic E-state index is -3.78. The third-order valence-corrected chi connectivity index (χ3v) is 1.27. The van der Waals surface area contributed by atoms with Crippen molar-refractivity contribution in [3.63, 3.8) is 0 Å². The molecule has 64 valence electrons. The van der Waals surface area contributed by atoms with Crippen LogP contribution >= 0.6 is 0 Å². The zero-order valence-corrected chi connectivity index (χ0v) is 7.15. The fourth-order valence-corrected chi connectivity index (χ4v) is 0.738. The Hall–Kier alpha value is -0.570. The van der Waals surface area contributed by atoms with E-state index in [0.717, 1.165) is 6.42 Å². The molecule has 0 unspecified atom stereocenters. The van der Waals surface area contributed by atoms with Gasteiger partial charge in [0, 0.05) is 12.8 Å². The standard InChI is InChI=1S/C6H11NO3S/c1-2-3-4-5-6-10-11(7,8)9/h2,5-6H2,1H3,(H2,7,8,9). The van der Waals surface area contributed by atoms with Crippen molar-refractivity contribution in [3.05, 3.63) is 0 Å². The second kappa shape index (κ2) is 5.13. The molecule has 2 N–H and O–H groups in total. The molecule has 5 heteroatoms. The third kappa shape index (κ3) is 9.43. The molecule has 11 heavy (non-hydrogen) atoms. The van der Waals surface area contributed by atoms with Gasteiger partial charge in [-0.25, -0.2) is 5.14 Å². The summed E-state index contributed by atoms with van der Waals surface area (Å²) in [6.07, 6.45) is 1.15. The second-order valence-corrected chi connectivity index (χ2v) is 2.99. The lowest BCUT2D eigenvalue weighted by Crippen LogP contribution is -2.16. The normalized spacial score (nSPS) is 10.4. The van der Waals surface area contributed by atoms with Crippen molar-refractivity contribution in [1.82, 2.24) is 0 Å². The Kier molecular flexibility index (Phi) is 4.86. The predicted octanol–water partition coefficient (Wildman–Crippen LogP) is 0.0100. The van der Waals surface area contributed by atoms with Crippen LogP contribution in [-0.4, -0.2) is 15.0 Å². The van der Waals surface area contributed by atoms with Crippen LogP contribution in [-0.2, 0) is 14.5 Å². The smallest absolute Gasteiger partial charge is 0.257 e. The van der Waals surface area contributed by atoms with Crippen LogP contribution in [0.1, 0.15) is 19.8 Å². The molecular formula is C6H11NO3S. The van der Waals surface area contributed by atoms with Gasteiger partial charge in [0.25, 0.3) is 0 Å². The zero-order chi connectivity index (χ0) is 8.74. The van der Waals surface area contributed by atoms with Gasteiger partial charge in [-0.3, -0.25) is 4.18 Å². The Morgan fingerprint density at radius 3 is 2.55 bits per heavy atom. The van der Waals surface area contributed by atoms with E-state index in [1.165, 1.54) is 0 Å². The van der Waals surface area contributed by atoms with E-state index in [0.29, 0.717) is 6.42 Å². The maximum Gasteiger partial charge on any atom is 0.333 e. The lowest BCUT2D eigenvalue weighted by molar-refractivity contribution is 0.327. The van der Waals surface area contributed by atoms with Crippen LogP contribution < -0.4 is 5.14 Å². The van der Waals surface area contributed by atoms with Gasteiger partial charge in [0.15, 0.2) is 0 Å². The highest BCUT2D eigenvalue weighted by molar-refractivity contribution is 7.84. The van der Waals surface area contributed by atoms with E-state index in [9.17, 15) is 8.42 Å². The van der Waals surface area contributed by atoms with E-state index in [4.69, 9.17) is 0 Å². The maximum absolute atomic E-state index is 10.2. The Labute approximate surface area is 67.0 Å². The van der Waals surface area contributed by atoms with Gasteiger partial charge in [0.2, 0.25) is 0 Å².